The van der Waals surface area contributed by atoms with Gasteiger partial charge in [-0.2, -0.15) is 0 Å². The zero-order valence-electron chi connectivity index (χ0n) is 12.2. The van der Waals surface area contributed by atoms with Gasteiger partial charge in [-0.15, -0.1) is 0 Å². The van der Waals surface area contributed by atoms with E-state index in [1.165, 1.54) is 13.5 Å². The Labute approximate surface area is 119 Å². The predicted molar refractivity (Wildman–Crippen MR) is 78.6 cm³/mol. The summed E-state index contributed by atoms with van der Waals surface area (Å²) in [6.45, 7) is 2.74. The third-order valence-corrected chi connectivity index (χ3v) is 4.40. The van der Waals surface area contributed by atoms with Gasteiger partial charge >= 0.3 is 5.97 Å². The highest BCUT2D eigenvalue weighted by Gasteiger charge is 2.37. The van der Waals surface area contributed by atoms with E-state index in [1.807, 2.05) is 0 Å². The number of aromatic nitrogens is 1. The fourth-order valence-electron chi connectivity index (χ4n) is 2.97. The molecule has 0 aliphatic heterocycles. The number of carbonyl (C=O) groups excluding carboxylic acids is 1. The summed E-state index contributed by atoms with van der Waals surface area (Å²) in [6, 6.07) is 3.45. The SMILES string of the molecule is COC(=O)c1cccnc1NC1(CN)CCCCC1C. The molecule has 0 bridgehead atoms. The van der Waals surface area contributed by atoms with Gasteiger partial charge in [0.25, 0.3) is 0 Å². The molecule has 0 spiro atoms. The van der Waals surface area contributed by atoms with E-state index in [-0.39, 0.29) is 11.5 Å². The number of nitrogens with zero attached hydrogens (tertiary/aromatic N) is 1. The van der Waals surface area contributed by atoms with Crippen molar-refractivity contribution < 1.29 is 9.53 Å². The molecule has 20 heavy (non-hydrogen) atoms. The van der Waals surface area contributed by atoms with Crippen LogP contribution in [0.1, 0.15) is 43.0 Å². The number of pyridine rings is 1. The van der Waals surface area contributed by atoms with Crippen LogP contribution >= 0.6 is 0 Å². The molecule has 110 valence electrons. The minimum Gasteiger partial charge on any atom is -0.465 e. The fraction of sp³-hybridized carbons (Fsp3) is 0.600. The normalized spacial score (nSPS) is 26.1. The molecule has 5 heteroatoms. The molecular weight excluding hydrogens is 254 g/mol. The molecular formula is C15H23N3O2. The quantitative estimate of drug-likeness (QED) is 0.825. The van der Waals surface area contributed by atoms with Gasteiger partial charge in [-0.05, 0) is 30.9 Å². The van der Waals surface area contributed by atoms with Crippen LogP contribution in [0.5, 0.6) is 0 Å². The maximum atomic E-state index is 11.8. The summed E-state index contributed by atoms with van der Waals surface area (Å²) in [7, 11) is 1.38. The van der Waals surface area contributed by atoms with Crippen LogP contribution in [0.15, 0.2) is 18.3 Å². The molecule has 1 aromatic rings. The molecule has 2 rings (SSSR count). The first-order valence-corrected chi connectivity index (χ1v) is 7.14. The van der Waals surface area contributed by atoms with Gasteiger partial charge in [-0.25, -0.2) is 9.78 Å². The van der Waals surface area contributed by atoms with Crippen LogP contribution in [-0.2, 0) is 4.74 Å². The lowest BCUT2D eigenvalue weighted by Gasteiger charge is -2.43. The maximum Gasteiger partial charge on any atom is 0.341 e. The van der Waals surface area contributed by atoms with Gasteiger partial charge in [0.2, 0.25) is 0 Å². The molecule has 1 saturated carbocycles. The van der Waals surface area contributed by atoms with E-state index < -0.39 is 0 Å². The van der Waals surface area contributed by atoms with Crippen molar-refractivity contribution in [3.05, 3.63) is 23.9 Å². The van der Waals surface area contributed by atoms with Crippen molar-refractivity contribution in [1.29, 1.82) is 0 Å². The molecule has 1 aliphatic carbocycles. The summed E-state index contributed by atoms with van der Waals surface area (Å²) >= 11 is 0. The molecule has 0 radical (unpaired) electrons. The van der Waals surface area contributed by atoms with E-state index in [0.29, 0.717) is 23.8 Å². The van der Waals surface area contributed by atoms with Gasteiger partial charge < -0.3 is 15.8 Å². The standard InChI is InChI=1S/C15H23N3O2/c1-11-6-3-4-8-15(11,10-16)18-13-12(14(19)20-2)7-5-9-17-13/h5,7,9,11H,3-4,6,8,10,16H2,1-2H3,(H,17,18). The molecule has 1 fully saturated rings. The Bertz CT molecular complexity index is 478. The van der Waals surface area contributed by atoms with Crippen molar-refractivity contribution in [2.24, 2.45) is 11.7 Å². The number of rotatable bonds is 4. The molecule has 0 saturated heterocycles. The van der Waals surface area contributed by atoms with E-state index in [0.717, 1.165) is 19.3 Å². The first-order valence-electron chi connectivity index (χ1n) is 7.14. The molecule has 3 N–H and O–H groups in total. The zero-order chi connectivity index (χ0) is 14.6. The zero-order valence-corrected chi connectivity index (χ0v) is 12.2. The van der Waals surface area contributed by atoms with E-state index in [9.17, 15) is 4.79 Å². The average Bonchev–Trinajstić information content (AvgIpc) is 2.49. The van der Waals surface area contributed by atoms with Crippen molar-refractivity contribution >= 4 is 11.8 Å². The van der Waals surface area contributed by atoms with Crippen LogP contribution in [0.2, 0.25) is 0 Å². The number of esters is 1. The second-order valence-electron chi connectivity index (χ2n) is 5.52. The molecule has 0 amide bonds. The van der Waals surface area contributed by atoms with Gasteiger partial charge in [-0.3, -0.25) is 0 Å². The van der Waals surface area contributed by atoms with Gasteiger partial charge in [-0.1, -0.05) is 19.8 Å². The van der Waals surface area contributed by atoms with Crippen LogP contribution < -0.4 is 11.1 Å². The number of nitrogens with one attached hydrogen (secondary N) is 1. The summed E-state index contributed by atoms with van der Waals surface area (Å²) in [5, 5.41) is 3.44. The minimum atomic E-state index is -0.378. The summed E-state index contributed by atoms with van der Waals surface area (Å²) in [4.78, 5) is 16.1. The molecule has 2 atom stereocenters. The third kappa shape index (κ3) is 2.77. The first-order chi connectivity index (χ1) is 9.63. The Morgan fingerprint density at radius 2 is 2.40 bits per heavy atom. The van der Waals surface area contributed by atoms with Gasteiger partial charge in [0.15, 0.2) is 0 Å². The topological polar surface area (TPSA) is 77.2 Å². The lowest BCUT2D eigenvalue weighted by Crippen LogP contribution is -2.52. The van der Waals surface area contributed by atoms with Crippen molar-refractivity contribution in [2.75, 3.05) is 19.0 Å². The molecule has 1 heterocycles. The van der Waals surface area contributed by atoms with Crippen LogP contribution in [0.3, 0.4) is 0 Å². The Morgan fingerprint density at radius 1 is 1.60 bits per heavy atom. The lowest BCUT2D eigenvalue weighted by atomic mass is 9.73. The number of hydrogen-bond donors (Lipinski definition) is 2. The predicted octanol–water partition coefficient (Wildman–Crippen LogP) is 2.19. The Balaban J connectivity index is 2.30. The van der Waals surface area contributed by atoms with Crippen LogP contribution in [0, 0.1) is 5.92 Å². The smallest absolute Gasteiger partial charge is 0.341 e. The number of ether oxygens (including phenoxy) is 1. The summed E-state index contributed by atoms with van der Waals surface area (Å²) < 4.78 is 4.81. The highest BCUT2D eigenvalue weighted by Crippen LogP contribution is 2.36. The largest absolute Gasteiger partial charge is 0.465 e. The van der Waals surface area contributed by atoms with Gasteiger partial charge in [0.05, 0.1) is 12.6 Å². The summed E-state index contributed by atoms with van der Waals surface area (Å²) in [5.41, 5.74) is 6.30. The first kappa shape index (κ1) is 14.8. The summed E-state index contributed by atoms with van der Waals surface area (Å²) in [5.74, 6) is 0.642. The van der Waals surface area contributed by atoms with Crippen molar-refractivity contribution in [3.63, 3.8) is 0 Å². The second-order valence-corrected chi connectivity index (χ2v) is 5.52. The molecule has 2 unspecified atom stereocenters. The minimum absolute atomic E-state index is 0.185. The van der Waals surface area contributed by atoms with E-state index >= 15 is 0 Å². The van der Waals surface area contributed by atoms with Gasteiger partial charge in [0, 0.05) is 12.7 Å². The second kappa shape index (κ2) is 6.22. The number of hydrogen-bond acceptors (Lipinski definition) is 5. The van der Waals surface area contributed by atoms with E-state index in [1.54, 1.807) is 18.3 Å². The van der Waals surface area contributed by atoms with Crippen molar-refractivity contribution in [3.8, 4) is 0 Å². The van der Waals surface area contributed by atoms with Crippen LogP contribution in [-0.4, -0.2) is 30.1 Å². The van der Waals surface area contributed by atoms with E-state index in [4.69, 9.17) is 10.5 Å². The Hall–Kier alpha value is -1.62. The highest BCUT2D eigenvalue weighted by molar-refractivity contribution is 5.94. The number of methoxy groups -OCH3 is 1. The van der Waals surface area contributed by atoms with E-state index in [2.05, 4.69) is 17.2 Å². The summed E-state index contributed by atoms with van der Waals surface area (Å²) in [6.07, 6.45) is 6.20. The van der Waals surface area contributed by atoms with Crippen LogP contribution in [0.4, 0.5) is 5.82 Å². The van der Waals surface area contributed by atoms with Crippen LogP contribution in [0.25, 0.3) is 0 Å². The average molecular weight is 277 g/mol. The molecule has 5 nitrogen and oxygen atoms in total. The molecule has 0 aromatic carbocycles. The molecule has 1 aliphatic rings. The number of anilines is 1. The maximum absolute atomic E-state index is 11.8. The fourth-order valence-corrected chi connectivity index (χ4v) is 2.97. The Kier molecular flexibility index (Phi) is 4.60. The van der Waals surface area contributed by atoms with Crippen molar-refractivity contribution in [2.45, 2.75) is 38.1 Å². The Morgan fingerprint density at radius 3 is 3.05 bits per heavy atom. The third-order valence-electron chi connectivity index (χ3n) is 4.40. The van der Waals surface area contributed by atoms with Crippen molar-refractivity contribution in [1.82, 2.24) is 4.98 Å². The number of carbonyl (C=O) groups is 1. The van der Waals surface area contributed by atoms with Gasteiger partial charge in [0.1, 0.15) is 11.4 Å². The number of nitrogens with two attached hydrogens (primary N) is 1. The lowest BCUT2D eigenvalue weighted by molar-refractivity contribution is 0.0601. The molecule has 1 aromatic heterocycles. The monoisotopic (exact) mass is 277 g/mol. The highest BCUT2D eigenvalue weighted by atomic mass is 16.5.